The van der Waals surface area contributed by atoms with Crippen LogP contribution in [0.2, 0.25) is 10.3 Å². The Labute approximate surface area is 120 Å². The number of pyridine rings is 1. The maximum absolute atomic E-state index is 11.9. The molecule has 1 amide bonds. The summed E-state index contributed by atoms with van der Waals surface area (Å²) in [6.07, 6.45) is 1.88. The molecule has 0 aliphatic heterocycles. The standard InChI is InChI=1S/C11H14Cl2N2O2S/c1-6(8(5-16)18-2)14-11(17)7-3-9(12)15-10(13)4-7/h3-4,6,8,16H,5H2,1-2H3,(H,14,17). The summed E-state index contributed by atoms with van der Waals surface area (Å²) in [6.45, 7) is 1.83. The number of hydrogen-bond donors (Lipinski definition) is 2. The summed E-state index contributed by atoms with van der Waals surface area (Å²) >= 11 is 12.9. The molecule has 0 saturated heterocycles. The lowest BCUT2D eigenvalue weighted by Crippen LogP contribution is -2.41. The minimum atomic E-state index is -0.291. The number of aliphatic hydroxyl groups excluding tert-OH is 1. The average Bonchev–Trinajstić information content (AvgIpc) is 2.29. The predicted octanol–water partition coefficient (Wildman–Crippen LogP) is 2.23. The van der Waals surface area contributed by atoms with E-state index in [1.807, 2.05) is 13.2 Å². The Hall–Kier alpha value is -0.490. The first-order valence-electron chi connectivity index (χ1n) is 5.25. The van der Waals surface area contributed by atoms with E-state index in [0.29, 0.717) is 5.56 Å². The van der Waals surface area contributed by atoms with Gasteiger partial charge in [-0.05, 0) is 25.3 Å². The average molecular weight is 309 g/mol. The van der Waals surface area contributed by atoms with Gasteiger partial charge < -0.3 is 10.4 Å². The molecule has 0 aliphatic rings. The molecule has 2 unspecified atom stereocenters. The van der Waals surface area contributed by atoms with Crippen molar-refractivity contribution in [2.75, 3.05) is 12.9 Å². The smallest absolute Gasteiger partial charge is 0.251 e. The summed E-state index contributed by atoms with van der Waals surface area (Å²) in [5.41, 5.74) is 0.352. The van der Waals surface area contributed by atoms with Crippen LogP contribution in [0, 0.1) is 0 Å². The molecule has 0 aliphatic carbocycles. The Kier molecular flexibility index (Phi) is 6.21. The Bertz CT molecular complexity index is 407. The van der Waals surface area contributed by atoms with Gasteiger partial charge in [0.25, 0.3) is 5.91 Å². The molecule has 7 heteroatoms. The largest absolute Gasteiger partial charge is 0.395 e. The van der Waals surface area contributed by atoms with E-state index in [1.165, 1.54) is 23.9 Å². The first-order chi connectivity index (χ1) is 8.47. The minimum Gasteiger partial charge on any atom is -0.395 e. The van der Waals surface area contributed by atoms with Crippen LogP contribution >= 0.6 is 35.0 Å². The van der Waals surface area contributed by atoms with Gasteiger partial charge in [-0.2, -0.15) is 11.8 Å². The summed E-state index contributed by atoms with van der Waals surface area (Å²) in [5, 5.41) is 12.2. The van der Waals surface area contributed by atoms with Gasteiger partial charge in [0.2, 0.25) is 0 Å². The van der Waals surface area contributed by atoms with Gasteiger partial charge >= 0.3 is 0 Å². The zero-order chi connectivity index (χ0) is 13.7. The number of amides is 1. The number of aliphatic hydroxyl groups is 1. The topological polar surface area (TPSA) is 62.2 Å². The number of hydrogen-bond acceptors (Lipinski definition) is 4. The van der Waals surface area contributed by atoms with Crippen LogP contribution in [0.3, 0.4) is 0 Å². The fourth-order valence-corrected chi connectivity index (χ4v) is 2.50. The van der Waals surface area contributed by atoms with Crippen molar-refractivity contribution in [2.24, 2.45) is 0 Å². The molecule has 2 N–H and O–H groups in total. The first-order valence-corrected chi connectivity index (χ1v) is 7.30. The molecule has 0 bridgehead atoms. The van der Waals surface area contributed by atoms with Crippen LogP contribution < -0.4 is 5.32 Å². The van der Waals surface area contributed by atoms with E-state index in [0.717, 1.165) is 0 Å². The number of nitrogens with zero attached hydrogens (tertiary/aromatic N) is 1. The second kappa shape index (κ2) is 7.19. The summed E-state index contributed by atoms with van der Waals surface area (Å²) in [4.78, 5) is 15.7. The van der Waals surface area contributed by atoms with E-state index in [4.69, 9.17) is 28.3 Å². The molecule has 2 atom stereocenters. The highest BCUT2D eigenvalue weighted by atomic mass is 35.5. The van der Waals surface area contributed by atoms with Crippen molar-refractivity contribution in [3.8, 4) is 0 Å². The van der Waals surface area contributed by atoms with Crippen molar-refractivity contribution < 1.29 is 9.90 Å². The fourth-order valence-electron chi connectivity index (χ4n) is 1.42. The van der Waals surface area contributed by atoms with E-state index >= 15 is 0 Å². The number of aromatic nitrogens is 1. The summed E-state index contributed by atoms with van der Waals surface area (Å²) in [6, 6.07) is 2.73. The summed E-state index contributed by atoms with van der Waals surface area (Å²) in [5.74, 6) is -0.291. The van der Waals surface area contributed by atoms with Gasteiger partial charge in [-0.1, -0.05) is 23.2 Å². The maximum atomic E-state index is 11.9. The Morgan fingerprint density at radius 1 is 1.50 bits per heavy atom. The van der Waals surface area contributed by atoms with Gasteiger partial charge in [0.1, 0.15) is 10.3 Å². The van der Waals surface area contributed by atoms with Gasteiger partial charge in [-0.3, -0.25) is 4.79 Å². The minimum absolute atomic E-state index is 0.000467. The third kappa shape index (κ3) is 4.31. The number of carbonyl (C=O) groups is 1. The molecule has 0 radical (unpaired) electrons. The van der Waals surface area contributed by atoms with Crippen molar-refractivity contribution >= 4 is 40.9 Å². The molecule has 1 aromatic rings. The molecular formula is C11H14Cl2N2O2S. The molecule has 1 rings (SSSR count). The van der Waals surface area contributed by atoms with E-state index in [2.05, 4.69) is 10.3 Å². The lowest BCUT2D eigenvalue weighted by molar-refractivity contribution is 0.0936. The molecule has 1 heterocycles. The highest BCUT2D eigenvalue weighted by Gasteiger charge is 2.18. The number of thioether (sulfide) groups is 1. The SMILES string of the molecule is CSC(CO)C(C)NC(=O)c1cc(Cl)nc(Cl)c1. The third-order valence-electron chi connectivity index (χ3n) is 2.42. The second-order valence-corrected chi connectivity index (χ2v) is 5.57. The van der Waals surface area contributed by atoms with Crippen LogP contribution in [0.25, 0.3) is 0 Å². The van der Waals surface area contributed by atoms with Gasteiger partial charge in [-0.25, -0.2) is 4.98 Å². The molecule has 0 spiro atoms. The van der Waals surface area contributed by atoms with Gasteiger partial charge in [0.15, 0.2) is 0 Å². The molecule has 4 nitrogen and oxygen atoms in total. The number of nitrogens with one attached hydrogen (secondary N) is 1. The van der Waals surface area contributed by atoms with Crippen LogP contribution in [-0.4, -0.2) is 40.2 Å². The molecule has 18 heavy (non-hydrogen) atoms. The van der Waals surface area contributed by atoms with Crippen molar-refractivity contribution in [2.45, 2.75) is 18.2 Å². The summed E-state index contributed by atoms with van der Waals surface area (Å²) < 4.78 is 0. The van der Waals surface area contributed by atoms with Crippen LogP contribution in [0.15, 0.2) is 12.1 Å². The van der Waals surface area contributed by atoms with Crippen LogP contribution in [0.5, 0.6) is 0 Å². The van der Waals surface area contributed by atoms with E-state index < -0.39 is 0 Å². The molecule has 0 aromatic carbocycles. The predicted molar refractivity (Wildman–Crippen MR) is 75.6 cm³/mol. The first kappa shape index (κ1) is 15.6. The van der Waals surface area contributed by atoms with E-state index in [-0.39, 0.29) is 34.1 Å². The number of rotatable bonds is 5. The lowest BCUT2D eigenvalue weighted by Gasteiger charge is -2.21. The van der Waals surface area contributed by atoms with Crippen molar-refractivity contribution in [3.05, 3.63) is 28.0 Å². The zero-order valence-corrected chi connectivity index (χ0v) is 12.3. The normalized spacial score (nSPS) is 14.1. The second-order valence-electron chi connectivity index (χ2n) is 3.72. The maximum Gasteiger partial charge on any atom is 0.251 e. The Morgan fingerprint density at radius 2 is 2.06 bits per heavy atom. The zero-order valence-electron chi connectivity index (χ0n) is 9.98. The molecule has 100 valence electrons. The van der Waals surface area contributed by atoms with Crippen molar-refractivity contribution in [1.29, 1.82) is 0 Å². The highest BCUT2D eigenvalue weighted by Crippen LogP contribution is 2.16. The van der Waals surface area contributed by atoms with Crippen LogP contribution in [-0.2, 0) is 0 Å². The Morgan fingerprint density at radius 3 is 2.50 bits per heavy atom. The fraction of sp³-hybridized carbons (Fsp3) is 0.455. The van der Waals surface area contributed by atoms with Gasteiger partial charge in [-0.15, -0.1) is 0 Å². The van der Waals surface area contributed by atoms with Gasteiger partial charge in [0, 0.05) is 16.9 Å². The van der Waals surface area contributed by atoms with E-state index in [9.17, 15) is 4.79 Å². The van der Waals surface area contributed by atoms with Gasteiger partial charge in [0.05, 0.1) is 6.61 Å². The third-order valence-corrected chi connectivity index (χ3v) is 3.97. The van der Waals surface area contributed by atoms with Crippen LogP contribution in [0.4, 0.5) is 0 Å². The molecular weight excluding hydrogens is 295 g/mol. The molecule has 1 aromatic heterocycles. The van der Waals surface area contributed by atoms with Crippen molar-refractivity contribution in [1.82, 2.24) is 10.3 Å². The molecule has 0 fully saturated rings. The monoisotopic (exact) mass is 308 g/mol. The summed E-state index contributed by atoms with van der Waals surface area (Å²) in [7, 11) is 0. The van der Waals surface area contributed by atoms with E-state index in [1.54, 1.807) is 0 Å². The van der Waals surface area contributed by atoms with Crippen molar-refractivity contribution in [3.63, 3.8) is 0 Å². The Balaban J connectivity index is 2.76. The lowest BCUT2D eigenvalue weighted by atomic mass is 10.2. The number of halogens is 2. The highest BCUT2D eigenvalue weighted by molar-refractivity contribution is 7.99. The quantitative estimate of drug-likeness (QED) is 0.819. The molecule has 0 saturated carbocycles. The number of carbonyl (C=O) groups excluding carboxylic acids is 1. The van der Waals surface area contributed by atoms with Crippen LogP contribution in [0.1, 0.15) is 17.3 Å².